The Morgan fingerprint density at radius 3 is 2.76 bits per heavy atom. The van der Waals surface area contributed by atoms with Crippen LogP contribution in [0.3, 0.4) is 0 Å². The van der Waals surface area contributed by atoms with E-state index in [1.807, 2.05) is 41.8 Å². The van der Waals surface area contributed by atoms with Gasteiger partial charge in [0.05, 0.1) is 5.39 Å². The number of benzene rings is 1. The summed E-state index contributed by atoms with van der Waals surface area (Å²) in [7, 11) is 0. The number of ether oxygens (including phenoxy) is 1. The lowest BCUT2D eigenvalue weighted by atomic mass is 9.97. The van der Waals surface area contributed by atoms with Gasteiger partial charge >= 0.3 is 0 Å². The summed E-state index contributed by atoms with van der Waals surface area (Å²) in [5.74, 6) is 1.81. The molecule has 1 N–H and O–H groups in total. The van der Waals surface area contributed by atoms with Crippen molar-refractivity contribution >= 4 is 27.4 Å². The number of pyridine rings is 1. The van der Waals surface area contributed by atoms with Crippen molar-refractivity contribution < 1.29 is 4.74 Å². The molecule has 1 aliphatic rings. The molecule has 6 heteroatoms. The Kier molecular flexibility index (Phi) is 5.09. The first-order chi connectivity index (χ1) is 14.4. The Morgan fingerprint density at radius 2 is 1.90 bits per heavy atom. The van der Waals surface area contributed by atoms with Crippen LogP contribution < -0.4 is 10.1 Å². The minimum absolute atomic E-state index is 0.521. The van der Waals surface area contributed by atoms with E-state index in [0.29, 0.717) is 6.61 Å². The van der Waals surface area contributed by atoms with Gasteiger partial charge in [-0.1, -0.05) is 18.2 Å². The molecule has 0 bridgehead atoms. The summed E-state index contributed by atoms with van der Waals surface area (Å²) >= 11 is 1.83. The molecule has 146 valence electrons. The number of fused-ring (bicyclic) bond motifs is 3. The summed E-state index contributed by atoms with van der Waals surface area (Å²) in [5.41, 5.74) is 3.71. The molecular formula is C23H22N4OS. The topological polar surface area (TPSA) is 59.9 Å². The van der Waals surface area contributed by atoms with Gasteiger partial charge in [0.25, 0.3) is 0 Å². The fraction of sp³-hybridized carbons (Fsp3) is 0.261. The van der Waals surface area contributed by atoms with Crippen molar-refractivity contribution in [2.75, 3.05) is 5.32 Å². The van der Waals surface area contributed by atoms with Crippen LogP contribution in [0.2, 0.25) is 0 Å². The quantitative estimate of drug-likeness (QED) is 0.483. The molecule has 3 heterocycles. The van der Waals surface area contributed by atoms with Crippen LogP contribution >= 0.6 is 11.3 Å². The van der Waals surface area contributed by atoms with Gasteiger partial charge in [0.15, 0.2) is 0 Å². The van der Waals surface area contributed by atoms with Crippen LogP contribution in [0.5, 0.6) is 5.75 Å². The van der Waals surface area contributed by atoms with E-state index in [9.17, 15) is 0 Å². The van der Waals surface area contributed by atoms with E-state index in [-0.39, 0.29) is 0 Å². The molecule has 0 fully saturated rings. The van der Waals surface area contributed by atoms with Crippen LogP contribution in [-0.4, -0.2) is 15.0 Å². The molecular weight excluding hydrogens is 380 g/mol. The first-order valence-electron chi connectivity index (χ1n) is 9.96. The molecule has 1 aromatic carbocycles. The highest BCUT2D eigenvalue weighted by Crippen LogP contribution is 2.38. The molecule has 0 saturated carbocycles. The Bertz CT molecular complexity index is 1110. The van der Waals surface area contributed by atoms with E-state index < -0.39 is 0 Å². The number of aryl methyl sites for hydroxylation is 2. The zero-order chi connectivity index (χ0) is 19.5. The molecule has 5 rings (SSSR count). The van der Waals surface area contributed by atoms with E-state index in [0.717, 1.165) is 34.9 Å². The van der Waals surface area contributed by atoms with E-state index in [1.54, 1.807) is 12.5 Å². The molecule has 5 nitrogen and oxygen atoms in total. The van der Waals surface area contributed by atoms with Gasteiger partial charge in [-0.3, -0.25) is 4.98 Å². The number of nitrogens with zero attached hydrogens (tertiary/aromatic N) is 3. The Labute approximate surface area is 173 Å². The summed E-state index contributed by atoms with van der Waals surface area (Å²) in [6.07, 6.45) is 10.1. The third-order valence-corrected chi connectivity index (χ3v) is 6.46. The van der Waals surface area contributed by atoms with E-state index in [4.69, 9.17) is 4.74 Å². The van der Waals surface area contributed by atoms with Gasteiger partial charge in [-0.2, -0.15) is 0 Å². The summed E-state index contributed by atoms with van der Waals surface area (Å²) in [6.45, 7) is 1.24. The summed E-state index contributed by atoms with van der Waals surface area (Å²) < 4.78 is 5.84. The van der Waals surface area contributed by atoms with E-state index in [1.165, 1.54) is 40.7 Å². The monoisotopic (exact) mass is 402 g/mol. The van der Waals surface area contributed by atoms with Gasteiger partial charge in [0, 0.05) is 29.4 Å². The van der Waals surface area contributed by atoms with Crippen molar-refractivity contribution in [3.8, 4) is 5.75 Å². The van der Waals surface area contributed by atoms with Crippen LogP contribution in [0.15, 0.2) is 55.1 Å². The lowest BCUT2D eigenvalue weighted by molar-refractivity contribution is 0.305. The predicted molar refractivity (Wildman–Crippen MR) is 116 cm³/mol. The minimum Gasteiger partial charge on any atom is -0.489 e. The molecule has 0 atom stereocenters. The molecule has 29 heavy (non-hydrogen) atoms. The largest absolute Gasteiger partial charge is 0.489 e. The molecule has 1 aliphatic carbocycles. The number of aromatic nitrogens is 3. The van der Waals surface area contributed by atoms with Crippen molar-refractivity contribution in [2.24, 2.45) is 0 Å². The van der Waals surface area contributed by atoms with Crippen LogP contribution in [-0.2, 0) is 26.0 Å². The number of rotatable bonds is 6. The van der Waals surface area contributed by atoms with Crippen molar-refractivity contribution in [3.63, 3.8) is 0 Å². The van der Waals surface area contributed by atoms with Crippen molar-refractivity contribution in [3.05, 3.63) is 76.7 Å². The smallest absolute Gasteiger partial charge is 0.138 e. The maximum absolute atomic E-state index is 5.84. The molecule has 4 aromatic rings. The predicted octanol–water partition coefficient (Wildman–Crippen LogP) is 5.16. The van der Waals surface area contributed by atoms with Crippen molar-refractivity contribution in [1.29, 1.82) is 0 Å². The standard InChI is InChI=1S/C23H22N4OS/c1-2-6-20-19(5-1)21-22(26-15-27-23(21)29-20)25-13-16-7-9-18(10-8-16)28-14-17-4-3-11-24-12-17/h3-4,7-12,15H,1-2,5-6,13-14H2,(H,25,26,27). The minimum atomic E-state index is 0.521. The highest BCUT2D eigenvalue weighted by atomic mass is 32.1. The second kappa shape index (κ2) is 8.17. The van der Waals surface area contributed by atoms with Crippen LogP contribution in [0.4, 0.5) is 5.82 Å². The zero-order valence-corrected chi connectivity index (χ0v) is 16.9. The van der Waals surface area contributed by atoms with Gasteiger partial charge in [-0.05, 0) is 55.0 Å². The van der Waals surface area contributed by atoms with Gasteiger partial charge in [-0.15, -0.1) is 11.3 Å². The van der Waals surface area contributed by atoms with Crippen molar-refractivity contribution in [1.82, 2.24) is 15.0 Å². The summed E-state index contributed by atoms with van der Waals surface area (Å²) in [6, 6.07) is 12.1. The Hall–Kier alpha value is -2.99. The number of thiophene rings is 1. The van der Waals surface area contributed by atoms with Gasteiger partial charge in [-0.25, -0.2) is 9.97 Å². The maximum Gasteiger partial charge on any atom is 0.138 e. The second-order valence-electron chi connectivity index (χ2n) is 7.26. The number of hydrogen-bond acceptors (Lipinski definition) is 6. The Morgan fingerprint density at radius 1 is 1.00 bits per heavy atom. The lowest BCUT2D eigenvalue weighted by Gasteiger charge is -2.12. The zero-order valence-electron chi connectivity index (χ0n) is 16.1. The van der Waals surface area contributed by atoms with Gasteiger partial charge < -0.3 is 10.1 Å². The van der Waals surface area contributed by atoms with Gasteiger partial charge in [0.2, 0.25) is 0 Å². The highest BCUT2D eigenvalue weighted by molar-refractivity contribution is 7.19. The first-order valence-corrected chi connectivity index (χ1v) is 10.8. The number of hydrogen-bond donors (Lipinski definition) is 1. The summed E-state index contributed by atoms with van der Waals surface area (Å²) in [5, 5.41) is 4.75. The second-order valence-corrected chi connectivity index (χ2v) is 8.34. The third-order valence-electron chi connectivity index (χ3n) is 5.26. The molecule has 0 radical (unpaired) electrons. The number of nitrogens with one attached hydrogen (secondary N) is 1. The normalized spacial score (nSPS) is 13.2. The number of anilines is 1. The average molecular weight is 403 g/mol. The molecule has 0 saturated heterocycles. The van der Waals surface area contributed by atoms with E-state index in [2.05, 4.69) is 32.4 Å². The van der Waals surface area contributed by atoms with E-state index >= 15 is 0 Å². The Balaban J connectivity index is 1.26. The fourth-order valence-electron chi connectivity index (χ4n) is 3.76. The average Bonchev–Trinajstić information content (AvgIpc) is 3.17. The first kappa shape index (κ1) is 18.1. The SMILES string of the molecule is c1cncc(COc2ccc(CNc3ncnc4sc5c(c34)CCCC5)cc2)c1. The lowest BCUT2D eigenvalue weighted by Crippen LogP contribution is -2.04. The molecule has 0 amide bonds. The molecule has 0 aliphatic heterocycles. The maximum atomic E-state index is 5.84. The van der Waals surface area contributed by atoms with Crippen LogP contribution in [0.25, 0.3) is 10.2 Å². The molecule has 0 spiro atoms. The third kappa shape index (κ3) is 3.93. The van der Waals surface area contributed by atoms with Crippen LogP contribution in [0, 0.1) is 0 Å². The van der Waals surface area contributed by atoms with Crippen LogP contribution in [0.1, 0.15) is 34.4 Å². The fourth-order valence-corrected chi connectivity index (χ4v) is 4.99. The molecule has 3 aromatic heterocycles. The van der Waals surface area contributed by atoms with Crippen molar-refractivity contribution in [2.45, 2.75) is 38.8 Å². The van der Waals surface area contributed by atoms with Gasteiger partial charge in [0.1, 0.15) is 29.3 Å². The summed E-state index contributed by atoms with van der Waals surface area (Å²) in [4.78, 5) is 15.7. The highest BCUT2D eigenvalue weighted by Gasteiger charge is 2.19. The molecule has 0 unspecified atom stereocenters.